The van der Waals surface area contributed by atoms with Gasteiger partial charge in [0.1, 0.15) is 0 Å². The van der Waals surface area contributed by atoms with Crippen LogP contribution in [-0.4, -0.2) is 27.2 Å². The molecule has 2 aliphatic rings. The fourth-order valence-corrected chi connectivity index (χ4v) is 7.68. The standard InChI is InChI=1S/C49H38N4/c1-49(46-21-11-13-29-51-46)32-39(30-40(33-49)43-20-10-12-28-50-43)42-27-26-34-14-8-9-19-41(34)47(42)37-22-24-38(25-23-37)48-52-44(35-15-4-2-5-16-35)31-45(53-48)36-17-6-3-7-18-36/h2-11,13-27,29-31,33H,12,28,32H2,1H3. The molecule has 0 amide bonds. The van der Waals surface area contributed by atoms with E-state index < -0.39 is 0 Å². The average molecular weight is 683 g/mol. The van der Waals surface area contributed by atoms with Gasteiger partial charge in [-0.2, -0.15) is 0 Å². The van der Waals surface area contributed by atoms with Crippen LogP contribution in [0.4, 0.5) is 0 Å². The predicted octanol–water partition coefficient (Wildman–Crippen LogP) is 11.8. The molecule has 0 saturated carbocycles. The third kappa shape index (κ3) is 6.45. The Bertz CT molecular complexity index is 2510. The van der Waals surface area contributed by atoms with E-state index in [0.717, 1.165) is 70.0 Å². The van der Waals surface area contributed by atoms with Gasteiger partial charge >= 0.3 is 0 Å². The van der Waals surface area contributed by atoms with E-state index in [1.54, 1.807) is 0 Å². The number of aromatic nitrogens is 3. The molecule has 1 aliphatic heterocycles. The number of benzene rings is 5. The molecule has 3 heterocycles. The van der Waals surface area contributed by atoms with Crippen LogP contribution in [0.3, 0.4) is 0 Å². The molecule has 0 fully saturated rings. The summed E-state index contributed by atoms with van der Waals surface area (Å²) in [6, 6.07) is 51.0. The van der Waals surface area contributed by atoms with E-state index in [4.69, 9.17) is 19.9 Å². The van der Waals surface area contributed by atoms with Crippen LogP contribution in [0.5, 0.6) is 0 Å². The Morgan fingerprint density at radius 1 is 0.623 bits per heavy atom. The first kappa shape index (κ1) is 32.4. The Kier molecular flexibility index (Phi) is 8.49. The van der Waals surface area contributed by atoms with Crippen LogP contribution in [0.1, 0.15) is 31.0 Å². The second-order valence-electron chi connectivity index (χ2n) is 14.0. The molecule has 254 valence electrons. The van der Waals surface area contributed by atoms with E-state index in [0.29, 0.717) is 5.82 Å². The molecule has 1 atom stereocenters. The van der Waals surface area contributed by atoms with E-state index in [2.05, 4.69) is 159 Å². The van der Waals surface area contributed by atoms with Gasteiger partial charge in [0.05, 0.1) is 22.8 Å². The van der Waals surface area contributed by atoms with Crippen molar-refractivity contribution in [3.8, 4) is 45.0 Å². The van der Waals surface area contributed by atoms with Crippen LogP contribution in [-0.2, 0) is 5.41 Å². The quantitative estimate of drug-likeness (QED) is 0.168. The van der Waals surface area contributed by atoms with Crippen LogP contribution in [0.15, 0.2) is 187 Å². The maximum atomic E-state index is 5.09. The number of pyridine rings is 1. The van der Waals surface area contributed by atoms with E-state index in [-0.39, 0.29) is 5.41 Å². The Morgan fingerprint density at radius 2 is 1.30 bits per heavy atom. The Morgan fingerprint density at radius 3 is 1.98 bits per heavy atom. The molecule has 1 unspecified atom stereocenters. The summed E-state index contributed by atoms with van der Waals surface area (Å²) >= 11 is 0. The molecule has 0 radical (unpaired) electrons. The molecule has 9 rings (SSSR count). The molecule has 4 nitrogen and oxygen atoms in total. The smallest absolute Gasteiger partial charge is 0.160 e. The number of hydrogen-bond donors (Lipinski definition) is 0. The zero-order valence-corrected chi connectivity index (χ0v) is 29.7. The zero-order valence-electron chi connectivity index (χ0n) is 29.7. The summed E-state index contributed by atoms with van der Waals surface area (Å²) in [4.78, 5) is 20.0. The Labute approximate surface area is 310 Å². The lowest BCUT2D eigenvalue weighted by Crippen LogP contribution is -2.25. The monoisotopic (exact) mass is 682 g/mol. The summed E-state index contributed by atoms with van der Waals surface area (Å²) in [5.41, 5.74) is 12.7. The minimum Gasteiger partial charge on any atom is -0.284 e. The van der Waals surface area contributed by atoms with Gasteiger partial charge in [0.25, 0.3) is 0 Å². The fourth-order valence-electron chi connectivity index (χ4n) is 7.68. The van der Waals surface area contributed by atoms with E-state index in [9.17, 15) is 0 Å². The molecule has 2 aromatic heterocycles. The second kappa shape index (κ2) is 13.9. The van der Waals surface area contributed by atoms with Crippen molar-refractivity contribution in [2.75, 3.05) is 6.54 Å². The lowest BCUT2D eigenvalue weighted by atomic mass is 9.72. The molecular formula is C49H38N4. The molecule has 1 aliphatic carbocycles. The number of rotatable bonds is 7. The van der Waals surface area contributed by atoms with Gasteiger partial charge in [-0.05, 0) is 81.8 Å². The first-order chi connectivity index (χ1) is 26.1. The zero-order chi connectivity index (χ0) is 35.6. The van der Waals surface area contributed by atoms with Gasteiger partial charge in [0.2, 0.25) is 0 Å². The fraction of sp³-hybridized carbons (Fsp3) is 0.102. The van der Waals surface area contributed by atoms with Gasteiger partial charge in [-0.25, -0.2) is 9.97 Å². The summed E-state index contributed by atoms with van der Waals surface area (Å²) in [6.45, 7) is 3.11. The topological polar surface area (TPSA) is 51.0 Å². The molecule has 5 aromatic carbocycles. The molecule has 4 heteroatoms. The normalized spacial score (nSPS) is 16.9. The maximum Gasteiger partial charge on any atom is 0.160 e. The highest BCUT2D eigenvalue weighted by atomic mass is 14.9. The van der Waals surface area contributed by atoms with Gasteiger partial charge in [-0.15, -0.1) is 0 Å². The third-order valence-electron chi connectivity index (χ3n) is 10.3. The van der Waals surface area contributed by atoms with Crippen molar-refractivity contribution in [1.29, 1.82) is 0 Å². The lowest BCUT2D eigenvalue weighted by Gasteiger charge is -2.33. The SMILES string of the molecule is CC1(c2ccccn2)C=C(C2=NCCC=C2)C=C(c2ccc3ccccc3c2-c2ccc(-c3nc(-c4ccccc4)cc(-c4ccccc4)n3)cc2)C1. The van der Waals surface area contributed by atoms with E-state index in [1.807, 2.05) is 24.4 Å². The van der Waals surface area contributed by atoms with Crippen molar-refractivity contribution in [2.24, 2.45) is 4.99 Å². The number of aliphatic imine (C=N–C) groups is 1. The van der Waals surface area contributed by atoms with Crippen molar-refractivity contribution in [2.45, 2.75) is 25.2 Å². The number of fused-ring (bicyclic) bond motifs is 1. The molecule has 0 spiro atoms. The highest BCUT2D eigenvalue weighted by Crippen LogP contribution is 2.45. The van der Waals surface area contributed by atoms with Crippen molar-refractivity contribution in [1.82, 2.24) is 15.0 Å². The molecule has 0 bridgehead atoms. The molecule has 0 saturated heterocycles. The highest BCUT2D eigenvalue weighted by Gasteiger charge is 2.33. The Hall–Kier alpha value is -6.52. The van der Waals surface area contributed by atoms with Gasteiger partial charge in [-0.3, -0.25) is 9.98 Å². The number of allylic oxidation sites excluding steroid dienone is 5. The molecule has 7 aromatic rings. The second-order valence-corrected chi connectivity index (χ2v) is 14.0. The number of hydrogen-bond acceptors (Lipinski definition) is 4. The van der Waals surface area contributed by atoms with Crippen LogP contribution in [0.25, 0.3) is 61.4 Å². The predicted molar refractivity (Wildman–Crippen MR) is 220 cm³/mol. The van der Waals surface area contributed by atoms with E-state index >= 15 is 0 Å². The van der Waals surface area contributed by atoms with Crippen LogP contribution < -0.4 is 0 Å². The summed E-state index contributed by atoms with van der Waals surface area (Å²) in [7, 11) is 0. The number of nitrogens with zero attached hydrogens (tertiary/aromatic N) is 4. The largest absolute Gasteiger partial charge is 0.284 e. The minimum atomic E-state index is -0.307. The first-order valence-electron chi connectivity index (χ1n) is 18.3. The minimum absolute atomic E-state index is 0.307. The van der Waals surface area contributed by atoms with Gasteiger partial charge in [-0.1, -0.05) is 146 Å². The molecule has 0 N–H and O–H groups in total. The highest BCUT2D eigenvalue weighted by molar-refractivity contribution is 6.13. The molecular weight excluding hydrogens is 645 g/mol. The average Bonchev–Trinajstić information content (AvgIpc) is 3.24. The van der Waals surface area contributed by atoms with Crippen LogP contribution in [0, 0.1) is 0 Å². The third-order valence-corrected chi connectivity index (χ3v) is 10.3. The summed E-state index contributed by atoms with van der Waals surface area (Å²) in [6.07, 6.45) is 12.8. The van der Waals surface area contributed by atoms with Crippen molar-refractivity contribution in [3.63, 3.8) is 0 Å². The van der Waals surface area contributed by atoms with Crippen molar-refractivity contribution in [3.05, 3.63) is 193 Å². The summed E-state index contributed by atoms with van der Waals surface area (Å²) < 4.78 is 0. The maximum absolute atomic E-state index is 5.09. The van der Waals surface area contributed by atoms with Gasteiger partial charge < -0.3 is 0 Å². The van der Waals surface area contributed by atoms with Gasteiger partial charge in [0.15, 0.2) is 5.82 Å². The van der Waals surface area contributed by atoms with E-state index in [1.165, 1.54) is 27.5 Å². The van der Waals surface area contributed by atoms with Crippen LogP contribution >= 0.6 is 0 Å². The number of dihydropyridines is 1. The molecule has 53 heavy (non-hydrogen) atoms. The van der Waals surface area contributed by atoms with Crippen molar-refractivity contribution < 1.29 is 0 Å². The van der Waals surface area contributed by atoms with Crippen LogP contribution in [0.2, 0.25) is 0 Å². The Balaban J connectivity index is 1.17. The first-order valence-corrected chi connectivity index (χ1v) is 18.3. The summed E-state index contributed by atoms with van der Waals surface area (Å²) in [5.74, 6) is 0.701. The van der Waals surface area contributed by atoms with Crippen molar-refractivity contribution >= 4 is 22.1 Å². The van der Waals surface area contributed by atoms with Gasteiger partial charge in [0, 0.05) is 34.8 Å². The lowest BCUT2D eigenvalue weighted by molar-refractivity contribution is 0.586. The summed E-state index contributed by atoms with van der Waals surface area (Å²) in [5, 5.41) is 2.43.